The fraction of sp³-hybridized carbons (Fsp3) is 0.778. The quantitative estimate of drug-likeness (QED) is 0.201. The van der Waals surface area contributed by atoms with E-state index in [0.29, 0.717) is 0 Å². The van der Waals surface area contributed by atoms with Crippen LogP contribution in [-0.4, -0.2) is 13.6 Å². The first kappa shape index (κ1) is 25.1. The van der Waals surface area contributed by atoms with Crippen LogP contribution < -0.4 is 4.90 Å². The predicted molar refractivity (Wildman–Crippen MR) is 128 cm³/mol. The van der Waals surface area contributed by atoms with Crippen LogP contribution in [0.3, 0.4) is 0 Å². The molecule has 0 unspecified atom stereocenters. The van der Waals surface area contributed by atoms with Crippen LogP contribution in [0.4, 0.5) is 5.69 Å². The number of benzene rings is 1. The van der Waals surface area contributed by atoms with Crippen molar-refractivity contribution in [3.8, 4) is 0 Å². The lowest BCUT2D eigenvalue weighted by Gasteiger charge is -2.18. The third-order valence-electron chi connectivity index (χ3n) is 6.04. The number of anilines is 1. The highest BCUT2D eigenvalue weighted by Gasteiger charge is 1.99. The number of nitrogens with zero attached hydrogens (tertiary/aromatic N) is 1. The molecule has 162 valence electrons. The van der Waals surface area contributed by atoms with E-state index in [1.54, 1.807) is 0 Å². The van der Waals surface area contributed by atoms with Crippen molar-refractivity contribution in [3.05, 3.63) is 30.3 Å². The van der Waals surface area contributed by atoms with Crippen molar-refractivity contribution in [1.29, 1.82) is 0 Å². The Kier molecular flexibility index (Phi) is 17.3. The van der Waals surface area contributed by atoms with E-state index in [1.807, 2.05) is 0 Å². The Hall–Kier alpha value is -0.980. The van der Waals surface area contributed by atoms with Gasteiger partial charge in [0.05, 0.1) is 0 Å². The maximum atomic E-state index is 2.38. The summed E-state index contributed by atoms with van der Waals surface area (Å²) in [6.45, 7) is 3.48. The second-order valence-corrected chi connectivity index (χ2v) is 8.77. The van der Waals surface area contributed by atoms with Crippen LogP contribution in [0.1, 0.15) is 122 Å². The third kappa shape index (κ3) is 15.0. The van der Waals surface area contributed by atoms with Gasteiger partial charge in [0.1, 0.15) is 0 Å². The van der Waals surface area contributed by atoms with Crippen LogP contribution >= 0.6 is 0 Å². The summed E-state index contributed by atoms with van der Waals surface area (Å²) in [5, 5.41) is 0. The SMILES string of the molecule is CCCCCCCCCCCCCCCCCCCCN(C)c1ccccc1. The smallest absolute Gasteiger partial charge is 0.0363 e. The third-order valence-corrected chi connectivity index (χ3v) is 6.04. The normalized spacial score (nSPS) is 11.1. The Bertz CT molecular complexity index is 414. The molecule has 1 nitrogen and oxygen atoms in total. The number of rotatable bonds is 20. The fourth-order valence-electron chi connectivity index (χ4n) is 4.06. The monoisotopic (exact) mass is 387 g/mol. The Morgan fingerprint density at radius 2 is 0.857 bits per heavy atom. The number of para-hydroxylation sites is 1. The molecule has 0 saturated carbocycles. The van der Waals surface area contributed by atoms with Crippen LogP contribution in [0.25, 0.3) is 0 Å². The lowest BCUT2D eigenvalue weighted by atomic mass is 10.0. The molecule has 28 heavy (non-hydrogen) atoms. The van der Waals surface area contributed by atoms with E-state index in [-0.39, 0.29) is 0 Å². The van der Waals surface area contributed by atoms with Gasteiger partial charge in [0.15, 0.2) is 0 Å². The van der Waals surface area contributed by atoms with Gasteiger partial charge in [-0.3, -0.25) is 0 Å². The van der Waals surface area contributed by atoms with Crippen LogP contribution in [0.2, 0.25) is 0 Å². The van der Waals surface area contributed by atoms with Gasteiger partial charge in [-0.25, -0.2) is 0 Å². The van der Waals surface area contributed by atoms with Crippen molar-refractivity contribution in [2.45, 2.75) is 122 Å². The molecule has 0 atom stereocenters. The molecule has 0 aliphatic rings. The average molecular weight is 388 g/mol. The summed E-state index contributed by atoms with van der Waals surface area (Å²) in [5.74, 6) is 0. The topological polar surface area (TPSA) is 3.24 Å². The van der Waals surface area contributed by atoms with Crippen molar-refractivity contribution in [2.75, 3.05) is 18.5 Å². The molecule has 1 heteroatoms. The molecule has 0 aromatic heterocycles. The van der Waals surface area contributed by atoms with E-state index >= 15 is 0 Å². The molecule has 0 radical (unpaired) electrons. The molecular formula is C27H49N. The van der Waals surface area contributed by atoms with Gasteiger partial charge < -0.3 is 4.90 Å². The molecule has 0 amide bonds. The standard InChI is InChI=1S/C27H49N/c1-3-4-5-6-7-8-9-10-11-12-13-14-15-16-17-18-19-23-26-28(2)27-24-21-20-22-25-27/h20-22,24-25H,3-19,23,26H2,1-2H3. The first-order valence-electron chi connectivity index (χ1n) is 12.6. The molecule has 1 aromatic rings. The summed E-state index contributed by atoms with van der Waals surface area (Å²) in [4.78, 5) is 2.38. The molecular weight excluding hydrogens is 338 g/mol. The fourth-order valence-corrected chi connectivity index (χ4v) is 4.06. The molecule has 1 aromatic carbocycles. The average Bonchev–Trinajstić information content (AvgIpc) is 2.73. The predicted octanol–water partition coefficient (Wildman–Crippen LogP) is 9.16. The van der Waals surface area contributed by atoms with E-state index in [1.165, 1.54) is 128 Å². The zero-order valence-electron chi connectivity index (χ0n) is 19.3. The van der Waals surface area contributed by atoms with E-state index in [0.717, 1.165) is 0 Å². The van der Waals surface area contributed by atoms with Crippen molar-refractivity contribution in [1.82, 2.24) is 0 Å². The first-order valence-corrected chi connectivity index (χ1v) is 12.6. The second kappa shape index (κ2) is 19.3. The lowest BCUT2D eigenvalue weighted by molar-refractivity contribution is 0.525. The molecule has 0 heterocycles. The zero-order valence-corrected chi connectivity index (χ0v) is 19.3. The summed E-state index contributed by atoms with van der Waals surface area (Å²) in [5.41, 5.74) is 1.34. The van der Waals surface area contributed by atoms with Gasteiger partial charge in [0.2, 0.25) is 0 Å². The first-order chi connectivity index (χ1) is 13.8. The van der Waals surface area contributed by atoms with Gasteiger partial charge in [-0.2, -0.15) is 0 Å². The maximum absolute atomic E-state index is 2.38. The van der Waals surface area contributed by atoms with Gasteiger partial charge in [0.25, 0.3) is 0 Å². The van der Waals surface area contributed by atoms with Gasteiger partial charge in [-0.05, 0) is 18.6 Å². The molecule has 0 spiro atoms. The molecule has 0 aliphatic heterocycles. The van der Waals surface area contributed by atoms with Crippen LogP contribution in [-0.2, 0) is 0 Å². The Balaban J connectivity index is 1.73. The van der Waals surface area contributed by atoms with Crippen LogP contribution in [0.15, 0.2) is 30.3 Å². The molecule has 0 saturated heterocycles. The maximum Gasteiger partial charge on any atom is 0.0363 e. The minimum atomic E-state index is 1.18. The zero-order chi connectivity index (χ0) is 20.1. The van der Waals surface area contributed by atoms with Gasteiger partial charge in [-0.1, -0.05) is 134 Å². The van der Waals surface area contributed by atoms with E-state index in [9.17, 15) is 0 Å². The van der Waals surface area contributed by atoms with Crippen LogP contribution in [0.5, 0.6) is 0 Å². The second-order valence-electron chi connectivity index (χ2n) is 8.77. The summed E-state index contributed by atoms with van der Waals surface area (Å²) < 4.78 is 0. The largest absolute Gasteiger partial charge is 0.375 e. The van der Waals surface area contributed by atoms with E-state index in [2.05, 4.69) is 49.2 Å². The van der Waals surface area contributed by atoms with Crippen molar-refractivity contribution < 1.29 is 0 Å². The summed E-state index contributed by atoms with van der Waals surface area (Å²) >= 11 is 0. The number of unbranched alkanes of at least 4 members (excludes halogenated alkanes) is 17. The van der Waals surface area contributed by atoms with E-state index in [4.69, 9.17) is 0 Å². The highest BCUT2D eigenvalue weighted by molar-refractivity contribution is 5.44. The summed E-state index contributed by atoms with van der Waals surface area (Å²) in [6.07, 6.45) is 26.0. The molecule has 0 fully saturated rings. The van der Waals surface area contributed by atoms with Gasteiger partial charge >= 0.3 is 0 Å². The van der Waals surface area contributed by atoms with Gasteiger partial charge in [-0.15, -0.1) is 0 Å². The summed E-state index contributed by atoms with van der Waals surface area (Å²) in [6, 6.07) is 10.7. The van der Waals surface area contributed by atoms with Gasteiger partial charge in [0, 0.05) is 19.3 Å². The summed E-state index contributed by atoms with van der Waals surface area (Å²) in [7, 11) is 2.21. The highest BCUT2D eigenvalue weighted by Crippen LogP contribution is 2.15. The Morgan fingerprint density at radius 1 is 0.500 bits per heavy atom. The molecule has 0 N–H and O–H groups in total. The Labute approximate surface area is 177 Å². The van der Waals surface area contributed by atoms with Crippen molar-refractivity contribution in [2.24, 2.45) is 0 Å². The lowest BCUT2D eigenvalue weighted by Crippen LogP contribution is -2.18. The Morgan fingerprint density at radius 3 is 1.25 bits per heavy atom. The highest BCUT2D eigenvalue weighted by atomic mass is 15.1. The molecule has 0 bridgehead atoms. The van der Waals surface area contributed by atoms with Crippen molar-refractivity contribution >= 4 is 5.69 Å². The minimum absolute atomic E-state index is 1.18. The molecule has 1 rings (SSSR count). The minimum Gasteiger partial charge on any atom is -0.375 e. The van der Waals surface area contributed by atoms with Crippen LogP contribution in [0, 0.1) is 0 Å². The molecule has 0 aliphatic carbocycles. The number of hydrogen-bond acceptors (Lipinski definition) is 1. The van der Waals surface area contributed by atoms with Crippen molar-refractivity contribution in [3.63, 3.8) is 0 Å². The number of hydrogen-bond donors (Lipinski definition) is 0. The van der Waals surface area contributed by atoms with E-state index < -0.39 is 0 Å².